The van der Waals surface area contributed by atoms with Crippen molar-refractivity contribution in [1.29, 1.82) is 0 Å². The fraction of sp³-hybridized carbons (Fsp3) is 0.684. The highest BCUT2D eigenvalue weighted by Crippen LogP contribution is 2.43. The van der Waals surface area contributed by atoms with Crippen LogP contribution in [0.1, 0.15) is 43.9 Å². The Bertz CT molecular complexity index is 559. The lowest BCUT2D eigenvalue weighted by molar-refractivity contribution is 0.0739. The van der Waals surface area contributed by atoms with Crippen LogP contribution in [0.3, 0.4) is 0 Å². The molecule has 3 atom stereocenters. The van der Waals surface area contributed by atoms with Gasteiger partial charge in [-0.1, -0.05) is 13.8 Å². The highest BCUT2D eigenvalue weighted by molar-refractivity contribution is 5.49. The monoisotopic (exact) mass is 318 g/mol. The summed E-state index contributed by atoms with van der Waals surface area (Å²) in [7, 11) is 3.41. The van der Waals surface area contributed by atoms with Crippen molar-refractivity contribution in [2.75, 3.05) is 27.3 Å². The molecule has 0 bridgehead atoms. The molecule has 1 saturated heterocycles. The molecule has 2 aliphatic rings. The molecule has 3 rings (SSSR count). The van der Waals surface area contributed by atoms with Crippen molar-refractivity contribution in [1.82, 2.24) is 4.90 Å². The predicted molar refractivity (Wildman–Crippen MR) is 93.1 cm³/mol. The number of rotatable bonds is 4. The number of fused-ring (bicyclic) bond motifs is 3. The predicted octanol–water partition coefficient (Wildman–Crippen LogP) is 3.00. The van der Waals surface area contributed by atoms with Crippen molar-refractivity contribution < 1.29 is 9.47 Å². The third-order valence-electron chi connectivity index (χ3n) is 5.46. The summed E-state index contributed by atoms with van der Waals surface area (Å²) in [6.07, 6.45) is 3.35. The SMILES string of the molecule is COc1cc2c(cc1OC)C1C[C@@H](N)[C@@H](CC(C)C)CN1CC2. The molecule has 0 saturated carbocycles. The number of piperidine rings is 1. The Kier molecular flexibility index (Phi) is 4.83. The summed E-state index contributed by atoms with van der Waals surface area (Å²) in [5.41, 5.74) is 9.30. The Morgan fingerprint density at radius 3 is 2.57 bits per heavy atom. The van der Waals surface area contributed by atoms with Crippen LogP contribution in [0.15, 0.2) is 12.1 Å². The van der Waals surface area contributed by atoms with Crippen molar-refractivity contribution in [3.63, 3.8) is 0 Å². The number of methoxy groups -OCH3 is 2. The summed E-state index contributed by atoms with van der Waals surface area (Å²) in [6, 6.07) is 5.03. The van der Waals surface area contributed by atoms with E-state index in [0.717, 1.165) is 37.4 Å². The molecule has 2 aliphatic heterocycles. The molecule has 0 aromatic heterocycles. The second-order valence-corrected chi connectivity index (χ2v) is 7.46. The molecule has 1 aromatic carbocycles. The average molecular weight is 318 g/mol. The highest BCUT2D eigenvalue weighted by Gasteiger charge is 2.38. The van der Waals surface area contributed by atoms with E-state index >= 15 is 0 Å². The van der Waals surface area contributed by atoms with Gasteiger partial charge in [0.15, 0.2) is 11.5 Å². The molecule has 23 heavy (non-hydrogen) atoms. The van der Waals surface area contributed by atoms with Gasteiger partial charge in [-0.15, -0.1) is 0 Å². The van der Waals surface area contributed by atoms with Gasteiger partial charge in [-0.05, 0) is 54.4 Å². The van der Waals surface area contributed by atoms with E-state index < -0.39 is 0 Å². The zero-order chi connectivity index (χ0) is 16.6. The van der Waals surface area contributed by atoms with Crippen LogP contribution in [0.2, 0.25) is 0 Å². The van der Waals surface area contributed by atoms with E-state index in [1.165, 1.54) is 17.5 Å². The van der Waals surface area contributed by atoms with Gasteiger partial charge in [-0.2, -0.15) is 0 Å². The van der Waals surface area contributed by atoms with Crippen LogP contribution in [-0.4, -0.2) is 38.3 Å². The first-order chi connectivity index (χ1) is 11.0. The van der Waals surface area contributed by atoms with Crippen LogP contribution in [-0.2, 0) is 6.42 Å². The molecule has 1 fully saturated rings. The minimum atomic E-state index is 0.290. The van der Waals surface area contributed by atoms with Gasteiger partial charge in [0.25, 0.3) is 0 Å². The summed E-state index contributed by atoms with van der Waals surface area (Å²) < 4.78 is 11.0. The number of ether oxygens (including phenoxy) is 2. The minimum absolute atomic E-state index is 0.290. The Hall–Kier alpha value is -1.26. The van der Waals surface area contributed by atoms with E-state index in [1.807, 2.05) is 0 Å². The van der Waals surface area contributed by atoms with Gasteiger partial charge >= 0.3 is 0 Å². The molecular weight excluding hydrogens is 288 g/mol. The first kappa shape index (κ1) is 16.6. The molecule has 4 heteroatoms. The average Bonchev–Trinajstić information content (AvgIpc) is 2.53. The second-order valence-electron chi connectivity index (χ2n) is 7.46. The normalized spacial score (nSPS) is 27.5. The largest absolute Gasteiger partial charge is 0.493 e. The zero-order valence-electron chi connectivity index (χ0n) is 14.8. The van der Waals surface area contributed by atoms with Gasteiger partial charge in [-0.25, -0.2) is 0 Å². The number of nitrogens with zero attached hydrogens (tertiary/aromatic N) is 1. The van der Waals surface area contributed by atoms with Crippen molar-refractivity contribution in [3.8, 4) is 11.5 Å². The standard InChI is InChI=1S/C19H30N2O2/c1-12(2)7-14-11-21-6-5-13-8-18(22-3)19(23-4)9-15(13)17(21)10-16(14)20/h8-9,12,14,16-17H,5-7,10-11,20H2,1-4H3/t14-,16+,17?/m0/s1. The minimum Gasteiger partial charge on any atom is -0.493 e. The van der Waals surface area contributed by atoms with Crippen molar-refractivity contribution in [2.24, 2.45) is 17.6 Å². The van der Waals surface area contributed by atoms with Gasteiger partial charge in [0.05, 0.1) is 14.2 Å². The molecular formula is C19H30N2O2. The fourth-order valence-corrected chi connectivity index (χ4v) is 4.32. The van der Waals surface area contributed by atoms with E-state index in [-0.39, 0.29) is 6.04 Å². The van der Waals surface area contributed by atoms with Crippen LogP contribution in [0.4, 0.5) is 0 Å². The van der Waals surface area contributed by atoms with E-state index in [1.54, 1.807) is 14.2 Å². The molecule has 0 radical (unpaired) electrons. The van der Waals surface area contributed by atoms with E-state index in [4.69, 9.17) is 15.2 Å². The van der Waals surface area contributed by atoms with Crippen LogP contribution >= 0.6 is 0 Å². The number of nitrogens with two attached hydrogens (primary N) is 1. The van der Waals surface area contributed by atoms with Crippen LogP contribution < -0.4 is 15.2 Å². The Morgan fingerprint density at radius 1 is 1.22 bits per heavy atom. The van der Waals surface area contributed by atoms with E-state index in [0.29, 0.717) is 17.9 Å². The number of benzene rings is 1. The maximum atomic E-state index is 6.54. The fourth-order valence-electron chi connectivity index (χ4n) is 4.32. The van der Waals surface area contributed by atoms with Crippen LogP contribution in [0.5, 0.6) is 11.5 Å². The summed E-state index contributed by atoms with van der Waals surface area (Å²) >= 11 is 0. The topological polar surface area (TPSA) is 47.7 Å². The lowest BCUT2D eigenvalue weighted by Crippen LogP contribution is -2.51. The summed E-state index contributed by atoms with van der Waals surface area (Å²) in [4.78, 5) is 2.63. The summed E-state index contributed by atoms with van der Waals surface area (Å²) in [5, 5.41) is 0. The smallest absolute Gasteiger partial charge is 0.161 e. The first-order valence-electron chi connectivity index (χ1n) is 8.77. The zero-order valence-corrected chi connectivity index (χ0v) is 14.8. The Morgan fingerprint density at radius 2 is 1.91 bits per heavy atom. The molecule has 1 aromatic rings. The van der Waals surface area contributed by atoms with Gasteiger partial charge in [0.2, 0.25) is 0 Å². The first-order valence-corrected chi connectivity index (χ1v) is 8.77. The highest BCUT2D eigenvalue weighted by atomic mass is 16.5. The molecule has 0 spiro atoms. The van der Waals surface area contributed by atoms with Crippen LogP contribution in [0, 0.1) is 11.8 Å². The molecule has 4 nitrogen and oxygen atoms in total. The van der Waals surface area contributed by atoms with E-state index in [9.17, 15) is 0 Å². The molecule has 1 unspecified atom stereocenters. The number of hydrogen-bond acceptors (Lipinski definition) is 4. The van der Waals surface area contributed by atoms with Gasteiger partial charge < -0.3 is 15.2 Å². The maximum absolute atomic E-state index is 6.54. The molecule has 2 heterocycles. The summed E-state index contributed by atoms with van der Waals surface area (Å²) in [5.74, 6) is 2.99. The molecule has 0 amide bonds. The maximum Gasteiger partial charge on any atom is 0.161 e. The Labute approximate surface area is 139 Å². The second kappa shape index (κ2) is 6.70. The molecule has 128 valence electrons. The van der Waals surface area contributed by atoms with Gasteiger partial charge in [0, 0.05) is 25.2 Å². The molecule has 2 N–H and O–H groups in total. The third-order valence-corrected chi connectivity index (χ3v) is 5.46. The van der Waals surface area contributed by atoms with Crippen LogP contribution in [0.25, 0.3) is 0 Å². The quantitative estimate of drug-likeness (QED) is 0.927. The van der Waals surface area contributed by atoms with E-state index in [2.05, 4.69) is 30.9 Å². The van der Waals surface area contributed by atoms with Gasteiger partial charge in [-0.3, -0.25) is 4.90 Å². The Balaban J connectivity index is 1.87. The summed E-state index contributed by atoms with van der Waals surface area (Å²) in [6.45, 7) is 6.83. The lowest BCUT2D eigenvalue weighted by Gasteiger charge is -2.46. The van der Waals surface area contributed by atoms with Gasteiger partial charge in [0.1, 0.15) is 0 Å². The van der Waals surface area contributed by atoms with Crippen molar-refractivity contribution in [2.45, 2.75) is 45.2 Å². The van der Waals surface area contributed by atoms with Crippen molar-refractivity contribution >= 4 is 0 Å². The number of hydrogen-bond donors (Lipinski definition) is 1. The third kappa shape index (κ3) is 3.20. The van der Waals surface area contributed by atoms with Crippen molar-refractivity contribution in [3.05, 3.63) is 23.3 Å². The molecule has 0 aliphatic carbocycles. The lowest BCUT2D eigenvalue weighted by atomic mass is 9.78.